The molecule has 0 radical (unpaired) electrons. The summed E-state index contributed by atoms with van der Waals surface area (Å²) >= 11 is 0. The summed E-state index contributed by atoms with van der Waals surface area (Å²) in [7, 11) is 2.20. The topological polar surface area (TPSA) is 93.8 Å². The SMILES string of the molecule is CN1CCC(c2ccc(-c3ccc4c(c3)C(=O)N(C(c3nc5ncccc5[nH]3)c3n[nH]c5c3CCC5)C4)cc2)CC1. The molecule has 1 saturated heterocycles. The molecule has 3 aliphatic rings. The van der Waals surface area contributed by atoms with Gasteiger partial charge < -0.3 is 14.8 Å². The van der Waals surface area contributed by atoms with Crippen molar-refractivity contribution in [3.63, 3.8) is 0 Å². The van der Waals surface area contributed by atoms with Crippen molar-refractivity contribution in [2.75, 3.05) is 20.1 Å². The molecule has 1 amide bonds. The molecule has 2 aliphatic heterocycles. The molecule has 206 valence electrons. The molecule has 1 unspecified atom stereocenters. The van der Waals surface area contributed by atoms with Gasteiger partial charge in [-0.3, -0.25) is 9.89 Å². The molecule has 0 bridgehead atoms. The number of aromatic amines is 2. The second-order valence-electron chi connectivity index (χ2n) is 11.8. The van der Waals surface area contributed by atoms with E-state index in [-0.39, 0.29) is 5.91 Å². The first-order valence-corrected chi connectivity index (χ1v) is 14.7. The molecule has 0 spiro atoms. The minimum Gasteiger partial charge on any atom is -0.338 e. The smallest absolute Gasteiger partial charge is 0.255 e. The Morgan fingerprint density at radius 2 is 1.83 bits per heavy atom. The lowest BCUT2D eigenvalue weighted by molar-refractivity contribution is 0.0721. The van der Waals surface area contributed by atoms with Crippen LogP contribution in [-0.2, 0) is 19.4 Å². The number of pyridine rings is 1. The van der Waals surface area contributed by atoms with Gasteiger partial charge in [-0.05, 0) is 104 Å². The molecule has 2 N–H and O–H groups in total. The summed E-state index contributed by atoms with van der Waals surface area (Å²) in [6, 6.07) is 18.7. The number of carbonyl (C=O) groups is 1. The van der Waals surface area contributed by atoms with Crippen LogP contribution in [0.1, 0.15) is 75.5 Å². The number of benzene rings is 2. The third-order valence-electron chi connectivity index (χ3n) is 9.32. The minimum atomic E-state index is -0.417. The number of nitrogens with one attached hydrogen (secondary N) is 2. The molecule has 8 heteroatoms. The maximum atomic E-state index is 14.1. The average molecular weight is 544 g/mol. The van der Waals surface area contributed by atoms with E-state index in [4.69, 9.17) is 10.1 Å². The third kappa shape index (κ3) is 4.16. The lowest BCUT2D eigenvalue weighted by Crippen LogP contribution is -2.31. The number of nitrogens with zero attached hydrogens (tertiary/aromatic N) is 5. The summed E-state index contributed by atoms with van der Waals surface area (Å²) < 4.78 is 0. The molecule has 3 aromatic heterocycles. The molecule has 1 fully saturated rings. The molecule has 8 nitrogen and oxygen atoms in total. The highest BCUT2D eigenvalue weighted by molar-refractivity contribution is 6.00. The summed E-state index contributed by atoms with van der Waals surface area (Å²) in [6.45, 7) is 2.82. The summed E-state index contributed by atoms with van der Waals surface area (Å²) in [5, 5.41) is 7.98. The number of carbonyl (C=O) groups excluding carboxylic acids is 1. The van der Waals surface area contributed by atoms with Gasteiger partial charge >= 0.3 is 0 Å². The van der Waals surface area contributed by atoms with Gasteiger partial charge in [0.05, 0.1) is 11.2 Å². The van der Waals surface area contributed by atoms with E-state index in [9.17, 15) is 4.79 Å². The highest BCUT2D eigenvalue weighted by Gasteiger charge is 2.39. The summed E-state index contributed by atoms with van der Waals surface area (Å²) in [5.74, 6) is 1.34. The quantitative estimate of drug-likeness (QED) is 0.310. The van der Waals surface area contributed by atoms with Gasteiger partial charge in [0.1, 0.15) is 11.9 Å². The van der Waals surface area contributed by atoms with Crippen LogP contribution in [0.15, 0.2) is 60.8 Å². The van der Waals surface area contributed by atoms with Crippen LogP contribution in [0.3, 0.4) is 0 Å². The fourth-order valence-electron chi connectivity index (χ4n) is 6.99. The lowest BCUT2D eigenvalue weighted by Gasteiger charge is -2.29. The number of imidazole rings is 1. The first-order chi connectivity index (χ1) is 20.1. The van der Waals surface area contributed by atoms with Crippen LogP contribution in [0.4, 0.5) is 0 Å². The van der Waals surface area contributed by atoms with Crippen LogP contribution in [0.2, 0.25) is 0 Å². The van der Waals surface area contributed by atoms with Crippen molar-refractivity contribution in [3.8, 4) is 11.1 Å². The Morgan fingerprint density at radius 1 is 1.00 bits per heavy atom. The Bertz CT molecular complexity index is 1730. The van der Waals surface area contributed by atoms with E-state index in [0.717, 1.165) is 65.8 Å². The van der Waals surface area contributed by atoms with Crippen molar-refractivity contribution >= 4 is 17.1 Å². The zero-order valence-corrected chi connectivity index (χ0v) is 23.2. The van der Waals surface area contributed by atoms with Crippen molar-refractivity contribution in [1.29, 1.82) is 0 Å². The predicted octanol–water partition coefficient (Wildman–Crippen LogP) is 5.39. The van der Waals surface area contributed by atoms with E-state index in [0.29, 0.717) is 23.9 Å². The van der Waals surface area contributed by atoms with Crippen LogP contribution in [0.25, 0.3) is 22.3 Å². The van der Waals surface area contributed by atoms with Gasteiger partial charge in [0, 0.05) is 24.0 Å². The largest absolute Gasteiger partial charge is 0.338 e. The summed E-state index contributed by atoms with van der Waals surface area (Å²) in [5.41, 5.74) is 10.2. The van der Waals surface area contributed by atoms with E-state index in [1.54, 1.807) is 6.20 Å². The van der Waals surface area contributed by atoms with Gasteiger partial charge in [0.15, 0.2) is 5.65 Å². The molecule has 2 aromatic carbocycles. The molecular weight excluding hydrogens is 510 g/mol. The minimum absolute atomic E-state index is 0.0120. The van der Waals surface area contributed by atoms with Crippen LogP contribution in [0, 0.1) is 0 Å². The molecular formula is C33H33N7O. The third-order valence-corrected chi connectivity index (χ3v) is 9.32. The van der Waals surface area contributed by atoms with Crippen LogP contribution in [-0.4, -0.2) is 61.0 Å². The van der Waals surface area contributed by atoms with E-state index in [1.165, 1.54) is 29.7 Å². The van der Waals surface area contributed by atoms with Crippen molar-refractivity contribution in [1.82, 2.24) is 34.9 Å². The molecule has 41 heavy (non-hydrogen) atoms. The van der Waals surface area contributed by atoms with E-state index in [1.807, 2.05) is 17.0 Å². The van der Waals surface area contributed by atoms with Crippen LogP contribution >= 0.6 is 0 Å². The van der Waals surface area contributed by atoms with Crippen molar-refractivity contribution in [3.05, 3.63) is 100 Å². The van der Waals surface area contributed by atoms with Crippen LogP contribution < -0.4 is 0 Å². The molecule has 0 saturated carbocycles. The van der Waals surface area contributed by atoms with Gasteiger partial charge in [-0.15, -0.1) is 0 Å². The monoisotopic (exact) mass is 543 g/mol. The van der Waals surface area contributed by atoms with E-state index < -0.39 is 6.04 Å². The summed E-state index contributed by atoms with van der Waals surface area (Å²) in [6.07, 6.45) is 7.21. The summed E-state index contributed by atoms with van der Waals surface area (Å²) in [4.78, 5) is 31.2. The number of amides is 1. The predicted molar refractivity (Wildman–Crippen MR) is 158 cm³/mol. The number of aromatic nitrogens is 5. The number of aryl methyl sites for hydroxylation is 1. The molecule has 1 atom stereocenters. The molecule has 8 rings (SSSR count). The highest BCUT2D eigenvalue weighted by Crippen LogP contribution is 2.39. The number of rotatable bonds is 5. The van der Waals surface area contributed by atoms with E-state index in [2.05, 4.69) is 69.5 Å². The highest BCUT2D eigenvalue weighted by atomic mass is 16.2. The average Bonchev–Trinajstić information content (AvgIpc) is 3.79. The Labute approximate surface area is 238 Å². The second kappa shape index (κ2) is 9.66. The van der Waals surface area contributed by atoms with Crippen molar-refractivity contribution in [2.24, 2.45) is 0 Å². The normalized spacial score (nSPS) is 18.3. The zero-order valence-electron chi connectivity index (χ0n) is 23.2. The number of hydrogen-bond donors (Lipinski definition) is 2. The first-order valence-electron chi connectivity index (χ1n) is 14.7. The fourth-order valence-corrected chi connectivity index (χ4v) is 6.99. The Hall–Kier alpha value is -4.30. The zero-order chi connectivity index (χ0) is 27.5. The maximum absolute atomic E-state index is 14.1. The molecule has 5 heterocycles. The standard InChI is InChI=1S/C33H33N7O/c1-39-16-13-22(14-17-39)20-7-9-21(10-8-20)23-11-12-24-19-40(33(41)26(24)18-23)30(29-25-4-2-5-27(25)37-38-29)32-35-28-6-3-15-34-31(28)36-32/h3,6-12,15,18,22,30H,2,4-5,13-14,16-17,19H2,1H3,(H,37,38)(H,34,35,36). The molecule has 1 aliphatic carbocycles. The number of fused-ring (bicyclic) bond motifs is 3. The Morgan fingerprint density at radius 3 is 2.66 bits per heavy atom. The van der Waals surface area contributed by atoms with Gasteiger partial charge in [-0.25, -0.2) is 9.97 Å². The van der Waals surface area contributed by atoms with Gasteiger partial charge in [0.25, 0.3) is 5.91 Å². The Balaban J connectivity index is 1.12. The van der Waals surface area contributed by atoms with Gasteiger partial charge in [-0.1, -0.05) is 36.4 Å². The fraction of sp³-hybridized carbons (Fsp3) is 0.333. The van der Waals surface area contributed by atoms with Crippen LogP contribution in [0.5, 0.6) is 0 Å². The number of H-pyrrole nitrogens is 2. The van der Waals surface area contributed by atoms with Crippen molar-refractivity contribution < 1.29 is 4.79 Å². The van der Waals surface area contributed by atoms with E-state index >= 15 is 0 Å². The van der Waals surface area contributed by atoms with Crippen molar-refractivity contribution in [2.45, 2.75) is 50.6 Å². The number of likely N-dealkylation sites (tertiary alicyclic amines) is 1. The maximum Gasteiger partial charge on any atom is 0.255 e. The first kappa shape index (κ1) is 24.5. The van der Waals surface area contributed by atoms with Gasteiger partial charge in [0.2, 0.25) is 0 Å². The lowest BCUT2D eigenvalue weighted by atomic mass is 9.88. The second-order valence-corrected chi connectivity index (χ2v) is 11.8. The number of piperidine rings is 1. The Kier molecular flexibility index (Phi) is 5.77. The van der Waals surface area contributed by atoms with Gasteiger partial charge in [-0.2, -0.15) is 5.10 Å². The molecule has 5 aromatic rings. The number of hydrogen-bond acceptors (Lipinski definition) is 5.